The lowest BCUT2D eigenvalue weighted by atomic mass is 10.0. The Balaban J connectivity index is 1.34. The van der Waals surface area contributed by atoms with Crippen LogP contribution in [0.4, 0.5) is 11.5 Å². The third-order valence-electron chi connectivity index (χ3n) is 6.07. The number of nitrogens with one attached hydrogen (secondary N) is 3. The van der Waals surface area contributed by atoms with Gasteiger partial charge in [-0.3, -0.25) is 9.59 Å². The molecule has 1 aliphatic rings. The van der Waals surface area contributed by atoms with Crippen molar-refractivity contribution < 1.29 is 19.4 Å². The van der Waals surface area contributed by atoms with Crippen LogP contribution in [0.25, 0.3) is 11.0 Å². The van der Waals surface area contributed by atoms with Crippen LogP contribution < -0.4 is 10.6 Å². The highest BCUT2D eigenvalue weighted by Gasteiger charge is 2.24. The number of carbonyl (C=O) groups is 2. The lowest BCUT2D eigenvalue weighted by Gasteiger charge is -2.29. The number of ketones is 1. The van der Waals surface area contributed by atoms with Crippen molar-refractivity contribution in [3.63, 3.8) is 0 Å². The first kappa shape index (κ1) is 22.7. The second kappa shape index (κ2) is 10.0. The third-order valence-corrected chi connectivity index (χ3v) is 6.07. The Bertz CT molecular complexity index is 1330. The van der Waals surface area contributed by atoms with Crippen LogP contribution in [0.15, 0.2) is 67.1 Å². The number of nitrogens with zero attached hydrogens (tertiary/aromatic N) is 2. The van der Waals surface area contributed by atoms with E-state index in [-0.39, 0.29) is 30.4 Å². The minimum absolute atomic E-state index is 0.00958. The molecule has 0 aliphatic carbocycles. The van der Waals surface area contributed by atoms with Gasteiger partial charge in [-0.25, -0.2) is 9.97 Å². The molecule has 1 fully saturated rings. The number of aliphatic hydroxyl groups excluding tert-OH is 1. The van der Waals surface area contributed by atoms with Crippen molar-refractivity contribution in [2.45, 2.75) is 25.0 Å². The van der Waals surface area contributed by atoms with Crippen molar-refractivity contribution in [2.75, 3.05) is 23.8 Å². The van der Waals surface area contributed by atoms with E-state index in [4.69, 9.17) is 4.74 Å². The maximum Gasteiger partial charge on any atom is 0.255 e. The lowest BCUT2D eigenvalue weighted by molar-refractivity contribution is -0.0224. The summed E-state index contributed by atoms with van der Waals surface area (Å²) in [6.45, 7) is 0.455. The number of aliphatic hydroxyl groups is 1. The van der Waals surface area contributed by atoms with Crippen molar-refractivity contribution in [3.05, 3.63) is 83.8 Å². The van der Waals surface area contributed by atoms with Crippen LogP contribution in [0.2, 0.25) is 0 Å². The standard InChI is InChI=1S/C26H25N5O4/c32-13-20-11-10-19(14-35-20)30-25-22-21(12-27-24(22)28-15-29-25)23(33)16-6-8-18(9-7-16)31-26(34)17-4-2-1-3-5-17/h1-9,12,15,19-20,32H,10-11,13-14H2,(H,31,34)(H2,27,28,29,30)/t19-,20-/m1/s1. The second-order valence-corrected chi connectivity index (χ2v) is 8.43. The van der Waals surface area contributed by atoms with Crippen molar-refractivity contribution >= 4 is 34.2 Å². The zero-order valence-corrected chi connectivity index (χ0v) is 18.9. The summed E-state index contributed by atoms with van der Waals surface area (Å²) in [5.41, 5.74) is 2.64. The predicted octanol–water partition coefficient (Wildman–Crippen LogP) is 3.39. The largest absolute Gasteiger partial charge is 0.394 e. The van der Waals surface area contributed by atoms with Gasteiger partial charge in [0.25, 0.3) is 5.91 Å². The van der Waals surface area contributed by atoms with E-state index in [1.54, 1.807) is 54.7 Å². The first-order valence-electron chi connectivity index (χ1n) is 11.4. The first-order chi connectivity index (χ1) is 17.1. The highest BCUT2D eigenvalue weighted by atomic mass is 16.5. The molecule has 1 saturated heterocycles. The molecule has 9 heteroatoms. The van der Waals surface area contributed by atoms with Gasteiger partial charge in [0, 0.05) is 23.0 Å². The summed E-state index contributed by atoms with van der Waals surface area (Å²) < 4.78 is 5.66. The number of hydrogen-bond donors (Lipinski definition) is 4. The number of hydrogen-bond acceptors (Lipinski definition) is 7. The number of H-pyrrole nitrogens is 1. The van der Waals surface area contributed by atoms with E-state index in [1.807, 2.05) is 6.07 Å². The molecule has 4 aromatic rings. The third kappa shape index (κ3) is 4.91. The number of anilines is 2. The molecule has 9 nitrogen and oxygen atoms in total. The lowest BCUT2D eigenvalue weighted by Crippen LogP contribution is -2.36. The van der Waals surface area contributed by atoms with Gasteiger partial charge in [0.1, 0.15) is 17.8 Å². The molecule has 1 aliphatic heterocycles. The van der Waals surface area contributed by atoms with Gasteiger partial charge in [-0.2, -0.15) is 0 Å². The van der Waals surface area contributed by atoms with Gasteiger partial charge in [-0.05, 0) is 49.2 Å². The average molecular weight is 472 g/mol. The molecule has 2 aromatic heterocycles. The smallest absolute Gasteiger partial charge is 0.255 e. The zero-order valence-electron chi connectivity index (χ0n) is 18.9. The maximum atomic E-state index is 13.4. The van der Waals surface area contributed by atoms with Crippen molar-refractivity contribution in [3.8, 4) is 0 Å². The Morgan fingerprint density at radius 2 is 1.83 bits per heavy atom. The number of fused-ring (bicyclic) bond motifs is 1. The van der Waals surface area contributed by atoms with Crippen LogP contribution in [0.5, 0.6) is 0 Å². The molecular weight excluding hydrogens is 446 g/mol. The van der Waals surface area contributed by atoms with Gasteiger partial charge < -0.3 is 25.5 Å². The van der Waals surface area contributed by atoms with Crippen LogP contribution in [0, 0.1) is 0 Å². The van der Waals surface area contributed by atoms with Crippen molar-refractivity contribution in [1.29, 1.82) is 0 Å². The normalized spacial score (nSPS) is 17.7. The molecule has 2 atom stereocenters. The Labute approximate surface area is 201 Å². The molecule has 0 unspecified atom stereocenters. The topological polar surface area (TPSA) is 129 Å². The Kier molecular flexibility index (Phi) is 6.51. The van der Waals surface area contributed by atoms with E-state index in [1.165, 1.54) is 6.33 Å². The summed E-state index contributed by atoms with van der Waals surface area (Å²) in [4.78, 5) is 37.4. The van der Waals surface area contributed by atoms with Gasteiger partial charge in [0.05, 0.1) is 36.3 Å². The predicted molar refractivity (Wildman–Crippen MR) is 132 cm³/mol. The molecule has 178 valence electrons. The minimum Gasteiger partial charge on any atom is -0.394 e. The molecule has 0 spiro atoms. The summed E-state index contributed by atoms with van der Waals surface area (Å²) in [7, 11) is 0. The fraction of sp³-hybridized carbons (Fsp3) is 0.231. The Hall–Kier alpha value is -4.08. The van der Waals surface area contributed by atoms with E-state index in [9.17, 15) is 14.7 Å². The first-order valence-corrected chi connectivity index (χ1v) is 11.4. The molecule has 0 saturated carbocycles. The molecule has 0 bridgehead atoms. The SMILES string of the molecule is O=C(Nc1ccc(C(=O)c2c[nH]c3ncnc(N[C@@H]4CC[C@H](CO)OC4)c23)cc1)c1ccccc1. The highest BCUT2D eigenvalue weighted by Crippen LogP contribution is 2.28. The quantitative estimate of drug-likeness (QED) is 0.304. The summed E-state index contributed by atoms with van der Waals surface area (Å²) in [6.07, 6.45) is 4.51. The average Bonchev–Trinajstić information content (AvgIpc) is 3.35. The molecule has 2 aromatic carbocycles. The number of amides is 1. The van der Waals surface area contributed by atoms with Gasteiger partial charge in [-0.15, -0.1) is 0 Å². The summed E-state index contributed by atoms with van der Waals surface area (Å²) >= 11 is 0. The van der Waals surface area contributed by atoms with Gasteiger partial charge >= 0.3 is 0 Å². The maximum absolute atomic E-state index is 13.4. The summed E-state index contributed by atoms with van der Waals surface area (Å²) in [5.74, 6) is 0.156. The number of aromatic nitrogens is 3. The molecule has 3 heterocycles. The second-order valence-electron chi connectivity index (χ2n) is 8.43. The number of rotatable bonds is 7. The van der Waals surface area contributed by atoms with E-state index < -0.39 is 0 Å². The number of carbonyl (C=O) groups excluding carboxylic acids is 2. The molecule has 0 radical (unpaired) electrons. The molecule has 4 N–H and O–H groups in total. The molecule has 1 amide bonds. The fourth-order valence-corrected chi connectivity index (χ4v) is 4.16. The summed E-state index contributed by atoms with van der Waals surface area (Å²) in [5, 5.41) is 16.1. The molecular formula is C26H25N5O4. The molecule has 5 rings (SSSR count). The summed E-state index contributed by atoms with van der Waals surface area (Å²) in [6, 6.07) is 15.7. The van der Waals surface area contributed by atoms with Crippen LogP contribution in [0.1, 0.15) is 39.1 Å². The van der Waals surface area contributed by atoms with Crippen LogP contribution in [0.3, 0.4) is 0 Å². The Morgan fingerprint density at radius 3 is 2.54 bits per heavy atom. The number of benzene rings is 2. The van der Waals surface area contributed by atoms with E-state index >= 15 is 0 Å². The van der Waals surface area contributed by atoms with Gasteiger partial charge in [0.2, 0.25) is 0 Å². The monoisotopic (exact) mass is 471 g/mol. The Morgan fingerprint density at radius 1 is 1.03 bits per heavy atom. The number of aromatic amines is 1. The van der Waals surface area contributed by atoms with Crippen LogP contribution >= 0.6 is 0 Å². The van der Waals surface area contributed by atoms with E-state index in [2.05, 4.69) is 25.6 Å². The van der Waals surface area contributed by atoms with Crippen LogP contribution in [-0.2, 0) is 4.74 Å². The van der Waals surface area contributed by atoms with Gasteiger partial charge in [-0.1, -0.05) is 18.2 Å². The van der Waals surface area contributed by atoms with Crippen molar-refractivity contribution in [2.24, 2.45) is 0 Å². The van der Waals surface area contributed by atoms with Gasteiger partial charge in [0.15, 0.2) is 5.78 Å². The van der Waals surface area contributed by atoms with E-state index in [0.717, 1.165) is 12.8 Å². The van der Waals surface area contributed by atoms with Crippen molar-refractivity contribution in [1.82, 2.24) is 15.0 Å². The number of ether oxygens (including phenoxy) is 1. The zero-order chi connectivity index (χ0) is 24.2. The van der Waals surface area contributed by atoms with E-state index in [0.29, 0.717) is 45.8 Å². The molecule has 35 heavy (non-hydrogen) atoms. The highest BCUT2D eigenvalue weighted by molar-refractivity contribution is 6.18. The minimum atomic E-state index is -0.217. The van der Waals surface area contributed by atoms with Crippen LogP contribution in [-0.4, -0.2) is 57.1 Å². The fourth-order valence-electron chi connectivity index (χ4n) is 4.16.